The number of hydrogen-bond acceptors (Lipinski definition) is 4. The van der Waals surface area contributed by atoms with Crippen molar-refractivity contribution in [2.75, 3.05) is 59.4 Å². The summed E-state index contributed by atoms with van der Waals surface area (Å²) in [5.74, 6) is 0.0376. The van der Waals surface area contributed by atoms with Gasteiger partial charge < -0.3 is 25.0 Å². The monoisotopic (exact) mass is 437 g/mol. The molecule has 0 bridgehead atoms. The summed E-state index contributed by atoms with van der Waals surface area (Å²) in [4.78, 5) is 34.7. The molecule has 2 aliphatic heterocycles. The minimum Gasteiger partial charge on any atom is -0.361 e. The molecule has 32 heavy (non-hydrogen) atoms. The number of rotatable bonds is 8. The van der Waals surface area contributed by atoms with E-state index in [-0.39, 0.29) is 24.7 Å². The average molecular weight is 438 g/mol. The lowest BCUT2D eigenvalue weighted by molar-refractivity contribution is -0.133. The van der Waals surface area contributed by atoms with Gasteiger partial charge in [-0.1, -0.05) is 24.3 Å². The van der Waals surface area contributed by atoms with E-state index in [1.807, 2.05) is 11.0 Å². The van der Waals surface area contributed by atoms with E-state index in [9.17, 15) is 9.59 Å². The molecule has 7 heteroatoms. The number of carbonyl (C=O) groups excluding carboxylic acids is 2. The van der Waals surface area contributed by atoms with Crippen molar-refractivity contribution >= 4 is 28.3 Å². The molecule has 2 aromatic rings. The van der Waals surface area contributed by atoms with Crippen LogP contribution in [0.5, 0.6) is 0 Å². The Bertz CT molecular complexity index is 958. The molecule has 0 spiro atoms. The number of aromatic nitrogens is 1. The summed E-state index contributed by atoms with van der Waals surface area (Å²) in [7, 11) is 2.15. The Morgan fingerprint density at radius 2 is 1.88 bits per heavy atom. The molecule has 2 aliphatic rings. The van der Waals surface area contributed by atoms with Gasteiger partial charge in [-0.3, -0.25) is 9.59 Å². The number of carbonyl (C=O) groups is 2. The van der Waals surface area contributed by atoms with Crippen LogP contribution in [0.1, 0.15) is 31.2 Å². The van der Waals surface area contributed by atoms with Crippen molar-refractivity contribution in [3.8, 4) is 0 Å². The van der Waals surface area contributed by atoms with Crippen LogP contribution in [0.2, 0.25) is 0 Å². The minimum atomic E-state index is -0.0243. The predicted octanol–water partition coefficient (Wildman–Crippen LogP) is 2.32. The van der Waals surface area contributed by atoms with E-state index in [4.69, 9.17) is 0 Å². The molecule has 1 saturated heterocycles. The lowest BCUT2D eigenvalue weighted by atomic mass is 9.98. The number of nitrogens with zero attached hydrogens (tertiary/aromatic N) is 3. The van der Waals surface area contributed by atoms with Crippen molar-refractivity contribution in [1.29, 1.82) is 0 Å². The smallest absolute Gasteiger partial charge is 0.223 e. The topological polar surface area (TPSA) is 71.7 Å². The van der Waals surface area contributed by atoms with Gasteiger partial charge >= 0.3 is 0 Å². The molecule has 172 valence electrons. The highest BCUT2D eigenvalue weighted by atomic mass is 16.2. The molecule has 4 rings (SSSR count). The van der Waals surface area contributed by atoms with Crippen molar-refractivity contribution in [3.63, 3.8) is 0 Å². The molecule has 3 heterocycles. The Labute approximate surface area is 190 Å². The Kier molecular flexibility index (Phi) is 7.60. The summed E-state index contributed by atoms with van der Waals surface area (Å²) >= 11 is 0. The zero-order valence-electron chi connectivity index (χ0n) is 19.1. The summed E-state index contributed by atoms with van der Waals surface area (Å²) < 4.78 is 0. The molecular weight excluding hydrogens is 402 g/mol. The van der Waals surface area contributed by atoms with Crippen LogP contribution < -0.4 is 5.32 Å². The van der Waals surface area contributed by atoms with Gasteiger partial charge in [0.15, 0.2) is 0 Å². The van der Waals surface area contributed by atoms with Gasteiger partial charge in [-0.25, -0.2) is 0 Å². The number of H-pyrrole nitrogens is 1. The van der Waals surface area contributed by atoms with Gasteiger partial charge in [-0.2, -0.15) is 0 Å². The van der Waals surface area contributed by atoms with E-state index >= 15 is 0 Å². The summed E-state index contributed by atoms with van der Waals surface area (Å²) in [6.45, 7) is 7.45. The van der Waals surface area contributed by atoms with Gasteiger partial charge in [0.1, 0.15) is 0 Å². The number of piperazine rings is 1. The fraction of sp³-hybridized carbons (Fsp3) is 0.520. The minimum absolute atomic E-state index is 0.0243. The second kappa shape index (κ2) is 10.8. The van der Waals surface area contributed by atoms with E-state index in [0.717, 1.165) is 51.1 Å². The van der Waals surface area contributed by atoms with Gasteiger partial charge in [0.25, 0.3) is 0 Å². The van der Waals surface area contributed by atoms with Crippen molar-refractivity contribution in [3.05, 3.63) is 42.1 Å². The van der Waals surface area contributed by atoms with Crippen LogP contribution in [0.25, 0.3) is 16.5 Å². The van der Waals surface area contributed by atoms with Crippen LogP contribution in [0.4, 0.5) is 0 Å². The van der Waals surface area contributed by atoms with E-state index in [1.165, 1.54) is 16.5 Å². The summed E-state index contributed by atoms with van der Waals surface area (Å²) in [6.07, 6.45) is 6.55. The Balaban J connectivity index is 1.15. The van der Waals surface area contributed by atoms with E-state index < -0.39 is 0 Å². The first-order valence-electron chi connectivity index (χ1n) is 11.8. The van der Waals surface area contributed by atoms with Crippen LogP contribution in [0.3, 0.4) is 0 Å². The molecular formula is C25H35N5O2. The summed E-state index contributed by atoms with van der Waals surface area (Å²) in [5, 5.41) is 4.19. The maximum Gasteiger partial charge on any atom is 0.223 e. The Hall–Kier alpha value is -2.64. The number of likely N-dealkylation sites (N-methyl/N-ethyl adjacent to an activating group) is 1. The van der Waals surface area contributed by atoms with Crippen LogP contribution in [-0.2, 0) is 9.59 Å². The quantitative estimate of drug-likeness (QED) is 0.622. The maximum absolute atomic E-state index is 12.6. The van der Waals surface area contributed by atoms with E-state index in [2.05, 4.69) is 57.6 Å². The number of amides is 2. The number of hydrogen-bond donors (Lipinski definition) is 2. The first-order valence-corrected chi connectivity index (χ1v) is 11.8. The molecule has 1 aromatic carbocycles. The lowest BCUT2D eigenvalue weighted by Gasteiger charge is -2.32. The number of para-hydroxylation sites is 1. The van der Waals surface area contributed by atoms with Gasteiger partial charge in [-0.05, 0) is 38.1 Å². The van der Waals surface area contributed by atoms with E-state index in [0.29, 0.717) is 19.6 Å². The molecule has 2 amide bonds. The first-order chi connectivity index (χ1) is 15.6. The predicted molar refractivity (Wildman–Crippen MR) is 128 cm³/mol. The normalized spacial score (nSPS) is 18.0. The molecule has 0 unspecified atom stereocenters. The summed E-state index contributed by atoms with van der Waals surface area (Å²) in [6, 6.07) is 8.29. The average Bonchev–Trinajstić information content (AvgIpc) is 3.26. The fourth-order valence-corrected chi connectivity index (χ4v) is 4.55. The van der Waals surface area contributed by atoms with Crippen molar-refractivity contribution in [1.82, 2.24) is 25.0 Å². The fourth-order valence-electron chi connectivity index (χ4n) is 4.55. The van der Waals surface area contributed by atoms with Crippen LogP contribution in [0, 0.1) is 0 Å². The molecule has 0 saturated carbocycles. The van der Waals surface area contributed by atoms with Crippen LogP contribution in [0.15, 0.2) is 36.5 Å². The van der Waals surface area contributed by atoms with Gasteiger partial charge in [0.05, 0.1) is 0 Å². The molecule has 7 nitrogen and oxygen atoms in total. The molecule has 0 aliphatic carbocycles. The van der Waals surface area contributed by atoms with E-state index in [1.54, 1.807) is 0 Å². The Morgan fingerprint density at radius 1 is 1.06 bits per heavy atom. The number of benzene rings is 1. The third kappa shape index (κ3) is 5.78. The number of aromatic amines is 1. The second-order valence-corrected chi connectivity index (χ2v) is 8.92. The van der Waals surface area contributed by atoms with Crippen LogP contribution >= 0.6 is 0 Å². The SMILES string of the molecule is CN1CCN(CCCNC(=O)CCC(=O)N2CC=C(c3c[nH]c4ccccc34)CC2)CC1. The number of fused-ring (bicyclic) bond motifs is 1. The van der Waals surface area contributed by atoms with Crippen molar-refractivity contribution in [2.24, 2.45) is 0 Å². The zero-order chi connectivity index (χ0) is 22.3. The third-order valence-electron chi connectivity index (χ3n) is 6.63. The molecule has 0 radical (unpaired) electrons. The first kappa shape index (κ1) is 22.6. The molecule has 2 N–H and O–H groups in total. The largest absolute Gasteiger partial charge is 0.361 e. The summed E-state index contributed by atoms with van der Waals surface area (Å²) in [5.41, 5.74) is 3.64. The lowest BCUT2D eigenvalue weighted by Crippen LogP contribution is -2.45. The highest BCUT2D eigenvalue weighted by Crippen LogP contribution is 2.29. The van der Waals surface area contributed by atoms with Crippen molar-refractivity contribution < 1.29 is 9.59 Å². The second-order valence-electron chi connectivity index (χ2n) is 8.92. The maximum atomic E-state index is 12.6. The zero-order valence-corrected chi connectivity index (χ0v) is 19.1. The molecule has 1 fully saturated rings. The van der Waals surface area contributed by atoms with Gasteiger partial charge in [0, 0.05) is 81.3 Å². The highest BCUT2D eigenvalue weighted by Gasteiger charge is 2.20. The third-order valence-corrected chi connectivity index (χ3v) is 6.63. The standard InChI is InChI=1S/C25H35N5O2/c1-28-15-17-29(18-16-28)12-4-11-26-24(31)7-8-25(32)30-13-9-20(10-14-30)22-19-27-23-6-3-2-5-21(22)23/h2-3,5-6,9,19,27H,4,7-8,10-18H2,1H3,(H,26,31). The van der Waals surface area contributed by atoms with Crippen molar-refractivity contribution in [2.45, 2.75) is 25.7 Å². The Morgan fingerprint density at radius 3 is 2.66 bits per heavy atom. The highest BCUT2D eigenvalue weighted by molar-refractivity contribution is 5.93. The molecule has 1 aromatic heterocycles. The molecule has 0 atom stereocenters. The number of nitrogens with one attached hydrogen (secondary N) is 2. The van der Waals surface area contributed by atoms with Gasteiger partial charge in [-0.15, -0.1) is 0 Å². The van der Waals surface area contributed by atoms with Gasteiger partial charge in [0.2, 0.25) is 11.8 Å². The van der Waals surface area contributed by atoms with Crippen LogP contribution in [-0.4, -0.2) is 90.9 Å².